The topological polar surface area (TPSA) is 56.8 Å². The molecule has 1 saturated heterocycles. The summed E-state index contributed by atoms with van der Waals surface area (Å²) < 4.78 is 16.9. The molecule has 1 rings (SSSR count). The summed E-state index contributed by atoms with van der Waals surface area (Å²) in [7, 11) is 0. The number of amides is 1. The lowest BCUT2D eigenvalue weighted by Crippen LogP contribution is -2.60. The summed E-state index contributed by atoms with van der Waals surface area (Å²) in [4.78, 5) is 11.9. The van der Waals surface area contributed by atoms with E-state index in [-0.39, 0.29) is 18.2 Å². The third kappa shape index (κ3) is 5.13. The van der Waals surface area contributed by atoms with Crippen LogP contribution in [0.25, 0.3) is 0 Å². The highest BCUT2D eigenvalue weighted by Gasteiger charge is 2.41. The second-order valence-electron chi connectivity index (χ2n) is 6.58. The van der Waals surface area contributed by atoms with Gasteiger partial charge in [-0.3, -0.25) is 0 Å². The maximum atomic E-state index is 11.9. The normalized spacial score (nSPS) is 29.6. The molecule has 1 aliphatic rings. The smallest absolute Gasteiger partial charge is 0.408 e. The van der Waals surface area contributed by atoms with Gasteiger partial charge < -0.3 is 19.5 Å². The maximum Gasteiger partial charge on any atom is 0.408 e. The summed E-state index contributed by atoms with van der Waals surface area (Å²) in [6, 6.07) is -0.268. The van der Waals surface area contributed by atoms with E-state index in [1.807, 2.05) is 41.5 Å². The predicted molar refractivity (Wildman–Crippen MR) is 77.5 cm³/mol. The summed E-state index contributed by atoms with van der Waals surface area (Å²) in [6.07, 6.45) is 1.60. The van der Waals surface area contributed by atoms with Gasteiger partial charge in [-0.2, -0.15) is 0 Å². The summed E-state index contributed by atoms with van der Waals surface area (Å²) in [5.41, 5.74) is -0.531. The molecule has 0 bridgehead atoms. The average molecular weight is 285 g/mol. The van der Waals surface area contributed by atoms with E-state index >= 15 is 0 Å². The van der Waals surface area contributed by atoms with Gasteiger partial charge in [0.1, 0.15) is 5.60 Å². The van der Waals surface area contributed by atoms with Crippen molar-refractivity contribution in [3.8, 4) is 0 Å². The van der Waals surface area contributed by atoms with Gasteiger partial charge in [-0.25, -0.2) is 4.79 Å². The van der Waals surface area contributed by atoms with Crippen molar-refractivity contribution in [3.63, 3.8) is 0 Å². The van der Waals surface area contributed by atoms with Gasteiger partial charge in [-0.05, 0) is 48.0 Å². The molecule has 0 aromatic heterocycles. The Kier molecular flexibility index (Phi) is 5.21. The van der Waals surface area contributed by atoms with Gasteiger partial charge in [0, 0.05) is 0 Å². The van der Waals surface area contributed by atoms with Crippen molar-refractivity contribution in [2.45, 2.75) is 77.6 Å². The van der Waals surface area contributed by atoms with Gasteiger partial charge in [0.2, 0.25) is 0 Å². The quantitative estimate of drug-likeness (QED) is 0.810. The molecule has 1 amide bonds. The van der Waals surface area contributed by atoms with E-state index < -0.39 is 17.5 Å². The van der Waals surface area contributed by atoms with Gasteiger partial charge >= 0.3 is 6.09 Å². The van der Waals surface area contributed by atoms with Crippen molar-refractivity contribution in [2.75, 3.05) is 0 Å². The molecular weight excluding hydrogens is 258 g/mol. The minimum Gasteiger partial charge on any atom is -0.444 e. The van der Waals surface area contributed by atoms with Crippen LogP contribution in [0.5, 0.6) is 0 Å². The first-order chi connectivity index (χ1) is 9.04. The lowest BCUT2D eigenvalue weighted by Gasteiger charge is -2.45. The molecule has 20 heavy (non-hydrogen) atoms. The lowest BCUT2D eigenvalue weighted by molar-refractivity contribution is -0.304. The monoisotopic (exact) mass is 285 g/mol. The van der Waals surface area contributed by atoms with Crippen molar-refractivity contribution < 1.29 is 19.0 Å². The molecule has 0 radical (unpaired) electrons. The average Bonchev–Trinajstić information content (AvgIpc) is 2.20. The zero-order valence-corrected chi connectivity index (χ0v) is 13.4. The third-order valence-corrected chi connectivity index (χ3v) is 2.89. The van der Waals surface area contributed by atoms with Crippen LogP contribution in [0.2, 0.25) is 0 Å². The largest absolute Gasteiger partial charge is 0.444 e. The van der Waals surface area contributed by atoms with Crippen LogP contribution >= 0.6 is 0 Å². The van der Waals surface area contributed by atoms with Crippen LogP contribution in [0.15, 0.2) is 12.7 Å². The minimum absolute atomic E-state index is 0.170. The standard InChI is InChI=1S/C15H27NO4/c1-8-9-11-12(10(2)18-15(6,7)19-11)16-13(17)20-14(3,4)5/h8,10-12H,1,9H2,2-7H3,(H,16,17)/t10-,11-,12+/m0/s1. The van der Waals surface area contributed by atoms with Crippen molar-refractivity contribution in [1.82, 2.24) is 5.32 Å². The minimum atomic E-state index is -0.667. The van der Waals surface area contributed by atoms with Crippen molar-refractivity contribution >= 4 is 6.09 Å². The first-order valence-electron chi connectivity index (χ1n) is 7.00. The van der Waals surface area contributed by atoms with Crippen molar-refractivity contribution in [1.29, 1.82) is 0 Å². The molecule has 5 heteroatoms. The van der Waals surface area contributed by atoms with Crippen LogP contribution < -0.4 is 5.32 Å². The molecule has 0 unspecified atom stereocenters. The Morgan fingerprint density at radius 2 is 2.00 bits per heavy atom. The Balaban J connectivity index is 2.74. The molecule has 0 aromatic rings. The second kappa shape index (κ2) is 6.14. The predicted octanol–water partition coefficient (Wildman–Crippen LogP) is 3.00. The number of rotatable bonds is 3. The van der Waals surface area contributed by atoms with Gasteiger partial charge in [0.15, 0.2) is 5.79 Å². The molecule has 1 aliphatic heterocycles. The highest BCUT2D eigenvalue weighted by molar-refractivity contribution is 5.68. The summed E-state index contributed by atoms with van der Waals surface area (Å²) in [6.45, 7) is 14.9. The number of nitrogens with one attached hydrogen (secondary N) is 1. The molecule has 5 nitrogen and oxygen atoms in total. The van der Waals surface area contributed by atoms with Gasteiger partial charge in [-0.1, -0.05) is 6.08 Å². The van der Waals surface area contributed by atoms with Crippen LogP contribution in [0, 0.1) is 0 Å². The van der Waals surface area contributed by atoms with E-state index in [1.165, 1.54) is 0 Å². The highest BCUT2D eigenvalue weighted by atomic mass is 16.7. The Bertz CT molecular complexity index is 359. The molecule has 0 aliphatic carbocycles. The van der Waals surface area contributed by atoms with Gasteiger partial charge in [0.05, 0.1) is 18.2 Å². The first kappa shape index (κ1) is 17.0. The van der Waals surface area contributed by atoms with Crippen molar-refractivity contribution in [3.05, 3.63) is 12.7 Å². The second-order valence-corrected chi connectivity index (χ2v) is 6.58. The number of carbonyl (C=O) groups excluding carboxylic acids is 1. The number of hydrogen-bond acceptors (Lipinski definition) is 4. The third-order valence-electron chi connectivity index (χ3n) is 2.89. The van der Waals surface area contributed by atoms with E-state index in [9.17, 15) is 4.79 Å². The van der Waals surface area contributed by atoms with E-state index in [4.69, 9.17) is 14.2 Å². The molecule has 3 atom stereocenters. The van der Waals surface area contributed by atoms with E-state index in [0.29, 0.717) is 6.42 Å². The summed E-state index contributed by atoms with van der Waals surface area (Å²) in [5.74, 6) is -0.667. The van der Waals surface area contributed by atoms with E-state index in [1.54, 1.807) is 6.08 Å². The molecule has 116 valence electrons. The summed E-state index contributed by atoms with van der Waals surface area (Å²) >= 11 is 0. The molecule has 1 N–H and O–H groups in total. The van der Waals surface area contributed by atoms with Crippen LogP contribution in [0.4, 0.5) is 4.79 Å². The Morgan fingerprint density at radius 3 is 2.50 bits per heavy atom. The van der Waals surface area contributed by atoms with Crippen LogP contribution in [0.3, 0.4) is 0 Å². The van der Waals surface area contributed by atoms with Crippen LogP contribution in [0.1, 0.15) is 48.0 Å². The SMILES string of the molecule is C=CC[C@@H]1OC(C)(C)O[C@@H](C)[C@H]1NC(=O)OC(C)(C)C. The molecule has 0 spiro atoms. The zero-order valence-electron chi connectivity index (χ0n) is 13.4. The number of carbonyl (C=O) groups is 1. The fourth-order valence-electron chi connectivity index (χ4n) is 2.30. The maximum absolute atomic E-state index is 11.9. The molecule has 1 fully saturated rings. The lowest BCUT2D eigenvalue weighted by atomic mass is 10.00. The molecule has 0 aromatic carbocycles. The van der Waals surface area contributed by atoms with Gasteiger partial charge in [-0.15, -0.1) is 6.58 Å². The first-order valence-corrected chi connectivity index (χ1v) is 7.00. The Labute approximate surface area is 121 Å². The number of alkyl carbamates (subject to hydrolysis) is 1. The molecular formula is C15H27NO4. The van der Waals surface area contributed by atoms with Crippen LogP contribution in [-0.2, 0) is 14.2 Å². The van der Waals surface area contributed by atoms with Crippen molar-refractivity contribution in [2.24, 2.45) is 0 Å². The summed E-state index contributed by atoms with van der Waals surface area (Å²) in [5, 5.41) is 2.84. The zero-order chi connectivity index (χ0) is 15.6. The highest BCUT2D eigenvalue weighted by Crippen LogP contribution is 2.29. The van der Waals surface area contributed by atoms with Crippen LogP contribution in [-0.4, -0.2) is 35.7 Å². The molecule has 0 saturated carbocycles. The number of hydrogen-bond donors (Lipinski definition) is 1. The van der Waals surface area contributed by atoms with Gasteiger partial charge in [0.25, 0.3) is 0 Å². The van der Waals surface area contributed by atoms with E-state index in [2.05, 4.69) is 11.9 Å². The molecule has 1 heterocycles. The Morgan fingerprint density at radius 1 is 1.40 bits per heavy atom. The van der Waals surface area contributed by atoms with E-state index in [0.717, 1.165) is 0 Å². The number of ether oxygens (including phenoxy) is 3. The fourth-order valence-corrected chi connectivity index (χ4v) is 2.30. The fraction of sp³-hybridized carbons (Fsp3) is 0.800. The Hall–Kier alpha value is -1.07.